The third-order valence-electron chi connectivity index (χ3n) is 4.52. The first-order valence-corrected chi connectivity index (χ1v) is 11.3. The molecule has 0 saturated carbocycles. The molecule has 0 aromatic heterocycles. The number of benzene rings is 3. The van der Waals surface area contributed by atoms with E-state index >= 15 is 0 Å². The molecule has 0 fully saturated rings. The van der Waals surface area contributed by atoms with Crippen molar-refractivity contribution < 1.29 is 9.59 Å². The van der Waals surface area contributed by atoms with Crippen molar-refractivity contribution in [2.45, 2.75) is 30.4 Å². The molecule has 1 unspecified atom stereocenters. The van der Waals surface area contributed by atoms with Crippen molar-refractivity contribution in [1.29, 1.82) is 0 Å². The smallest absolute Gasteiger partial charge is 0.237 e. The topological polar surface area (TPSA) is 58.2 Å². The van der Waals surface area contributed by atoms with Crippen molar-refractivity contribution in [2.75, 3.05) is 10.6 Å². The number of thioether (sulfide) groups is 1. The summed E-state index contributed by atoms with van der Waals surface area (Å²) in [6.07, 6.45) is 0.256. The average Bonchev–Trinajstić information content (AvgIpc) is 2.72. The third-order valence-corrected chi connectivity index (χ3v) is 6.27. The molecule has 2 amide bonds. The van der Waals surface area contributed by atoms with Crippen LogP contribution in [0.1, 0.15) is 18.1 Å². The molecule has 160 valence electrons. The Hall–Kier alpha value is -2.47. The molecule has 2 N–H and O–H groups in total. The summed E-state index contributed by atoms with van der Waals surface area (Å²) in [6.45, 7) is 3.75. The summed E-state index contributed by atoms with van der Waals surface area (Å²) in [6, 6.07) is 20.1. The van der Waals surface area contributed by atoms with Crippen LogP contribution in [0.15, 0.2) is 71.6 Å². The van der Waals surface area contributed by atoms with Crippen LogP contribution >= 0.6 is 35.0 Å². The molecule has 3 rings (SSSR count). The summed E-state index contributed by atoms with van der Waals surface area (Å²) in [7, 11) is 0. The molecule has 0 aliphatic heterocycles. The first-order chi connectivity index (χ1) is 14.8. The van der Waals surface area contributed by atoms with Gasteiger partial charge < -0.3 is 10.6 Å². The third kappa shape index (κ3) is 7.03. The highest BCUT2D eigenvalue weighted by Gasteiger charge is 2.15. The van der Waals surface area contributed by atoms with Crippen molar-refractivity contribution in [1.82, 2.24) is 0 Å². The molecule has 0 aliphatic carbocycles. The van der Waals surface area contributed by atoms with E-state index in [2.05, 4.69) is 10.6 Å². The molecule has 31 heavy (non-hydrogen) atoms. The van der Waals surface area contributed by atoms with Crippen LogP contribution in [0, 0.1) is 6.92 Å². The lowest BCUT2D eigenvalue weighted by molar-refractivity contribution is -0.116. The van der Waals surface area contributed by atoms with Crippen LogP contribution in [-0.2, 0) is 16.0 Å². The SMILES string of the molecule is Cc1ccc(NC(=O)C(C)Sc2cccc(NC(=O)Cc3ccc(Cl)cc3)c2)cc1Cl. The van der Waals surface area contributed by atoms with Gasteiger partial charge in [0.1, 0.15) is 0 Å². The molecular formula is C24H22Cl2N2O2S. The minimum atomic E-state index is -0.333. The predicted molar refractivity (Wildman–Crippen MR) is 130 cm³/mol. The van der Waals surface area contributed by atoms with Gasteiger partial charge in [-0.1, -0.05) is 47.5 Å². The summed E-state index contributed by atoms with van der Waals surface area (Å²) in [5.74, 6) is -0.242. The van der Waals surface area contributed by atoms with Crippen molar-refractivity contribution >= 4 is 58.2 Å². The van der Waals surface area contributed by atoms with Gasteiger partial charge in [0.25, 0.3) is 0 Å². The lowest BCUT2D eigenvalue weighted by Gasteiger charge is -2.13. The van der Waals surface area contributed by atoms with Gasteiger partial charge in [-0.2, -0.15) is 0 Å². The number of aryl methyl sites for hydroxylation is 1. The molecule has 3 aromatic rings. The molecular weight excluding hydrogens is 451 g/mol. The van der Waals surface area contributed by atoms with Crippen LogP contribution in [0.4, 0.5) is 11.4 Å². The number of anilines is 2. The zero-order valence-electron chi connectivity index (χ0n) is 17.1. The van der Waals surface area contributed by atoms with Gasteiger partial charge in [-0.3, -0.25) is 9.59 Å². The standard InChI is InChI=1S/C24H22Cl2N2O2S/c1-15-6-11-20(14-22(15)26)28-24(30)16(2)31-21-5-3-4-19(13-21)27-23(29)12-17-7-9-18(25)10-8-17/h3-11,13-14,16H,12H2,1-2H3,(H,27,29)(H,28,30). The second-order valence-electron chi connectivity index (χ2n) is 7.09. The number of nitrogens with one attached hydrogen (secondary N) is 2. The van der Waals surface area contributed by atoms with Gasteiger partial charge in [0, 0.05) is 26.3 Å². The Bertz CT molecular complexity index is 1090. The Balaban J connectivity index is 1.57. The van der Waals surface area contributed by atoms with Gasteiger partial charge in [0.2, 0.25) is 11.8 Å². The van der Waals surface area contributed by atoms with E-state index < -0.39 is 0 Å². The van der Waals surface area contributed by atoms with Gasteiger partial charge in [0.05, 0.1) is 11.7 Å². The van der Waals surface area contributed by atoms with Gasteiger partial charge in [-0.25, -0.2) is 0 Å². The number of halogens is 2. The maximum absolute atomic E-state index is 12.5. The molecule has 0 aliphatic rings. The van der Waals surface area contributed by atoms with Gasteiger partial charge in [0.15, 0.2) is 0 Å². The normalized spacial score (nSPS) is 11.6. The molecule has 0 radical (unpaired) electrons. The number of carbonyl (C=O) groups is 2. The van der Waals surface area contributed by atoms with Gasteiger partial charge >= 0.3 is 0 Å². The highest BCUT2D eigenvalue weighted by Crippen LogP contribution is 2.27. The molecule has 4 nitrogen and oxygen atoms in total. The van der Waals surface area contributed by atoms with Crippen LogP contribution in [0.2, 0.25) is 10.0 Å². The number of hydrogen-bond acceptors (Lipinski definition) is 3. The minimum absolute atomic E-state index is 0.119. The summed E-state index contributed by atoms with van der Waals surface area (Å²) in [5.41, 5.74) is 3.18. The maximum Gasteiger partial charge on any atom is 0.237 e. The molecule has 1 atom stereocenters. The zero-order chi connectivity index (χ0) is 22.4. The fraction of sp³-hybridized carbons (Fsp3) is 0.167. The quantitative estimate of drug-likeness (QED) is 0.380. The van der Waals surface area contributed by atoms with E-state index in [9.17, 15) is 9.59 Å². The van der Waals surface area contributed by atoms with Crippen molar-refractivity contribution in [3.05, 3.63) is 87.9 Å². The van der Waals surface area contributed by atoms with Crippen molar-refractivity contribution in [2.24, 2.45) is 0 Å². The Kier molecular flexibility index (Phi) is 8.02. The Morgan fingerprint density at radius 2 is 1.65 bits per heavy atom. The summed E-state index contributed by atoms with van der Waals surface area (Å²) in [4.78, 5) is 25.8. The van der Waals surface area contributed by atoms with E-state index in [1.807, 2.05) is 62.4 Å². The monoisotopic (exact) mass is 472 g/mol. The highest BCUT2D eigenvalue weighted by molar-refractivity contribution is 8.00. The Labute approximate surface area is 196 Å². The fourth-order valence-corrected chi connectivity index (χ4v) is 4.05. The van der Waals surface area contributed by atoms with Crippen molar-refractivity contribution in [3.63, 3.8) is 0 Å². The van der Waals surface area contributed by atoms with E-state index in [1.54, 1.807) is 18.2 Å². The van der Waals surface area contributed by atoms with E-state index in [4.69, 9.17) is 23.2 Å². The summed E-state index contributed by atoms with van der Waals surface area (Å²) in [5, 5.41) is 6.70. The fourth-order valence-electron chi connectivity index (χ4n) is 2.81. The van der Waals surface area contributed by atoms with Crippen LogP contribution in [0.25, 0.3) is 0 Å². The maximum atomic E-state index is 12.5. The zero-order valence-corrected chi connectivity index (χ0v) is 19.4. The molecule has 0 saturated heterocycles. The number of hydrogen-bond donors (Lipinski definition) is 2. The lowest BCUT2D eigenvalue weighted by Crippen LogP contribution is -2.22. The van der Waals surface area contributed by atoms with Crippen LogP contribution in [0.3, 0.4) is 0 Å². The molecule has 0 spiro atoms. The van der Waals surface area contributed by atoms with E-state index in [-0.39, 0.29) is 23.5 Å². The van der Waals surface area contributed by atoms with Gasteiger partial charge in [-0.05, 0) is 67.4 Å². The van der Waals surface area contributed by atoms with Crippen LogP contribution in [0.5, 0.6) is 0 Å². The van der Waals surface area contributed by atoms with Gasteiger partial charge in [-0.15, -0.1) is 11.8 Å². The molecule has 7 heteroatoms. The van der Waals surface area contributed by atoms with Crippen LogP contribution < -0.4 is 10.6 Å². The van der Waals surface area contributed by atoms with E-state index in [0.29, 0.717) is 21.4 Å². The lowest BCUT2D eigenvalue weighted by atomic mass is 10.1. The minimum Gasteiger partial charge on any atom is -0.326 e. The molecule has 3 aromatic carbocycles. The average molecular weight is 473 g/mol. The highest BCUT2D eigenvalue weighted by atomic mass is 35.5. The first kappa shape index (κ1) is 23.2. The van der Waals surface area contributed by atoms with E-state index in [1.165, 1.54) is 11.8 Å². The molecule has 0 heterocycles. The Morgan fingerprint density at radius 3 is 2.35 bits per heavy atom. The van der Waals surface area contributed by atoms with E-state index in [0.717, 1.165) is 16.0 Å². The predicted octanol–water partition coefficient (Wildman–Crippen LogP) is 6.60. The first-order valence-electron chi connectivity index (χ1n) is 9.68. The molecule has 0 bridgehead atoms. The summed E-state index contributed by atoms with van der Waals surface area (Å²) < 4.78 is 0. The number of amides is 2. The summed E-state index contributed by atoms with van der Waals surface area (Å²) >= 11 is 13.4. The second kappa shape index (κ2) is 10.7. The Morgan fingerprint density at radius 1 is 0.935 bits per heavy atom. The number of rotatable bonds is 7. The second-order valence-corrected chi connectivity index (χ2v) is 9.35. The van der Waals surface area contributed by atoms with Crippen molar-refractivity contribution in [3.8, 4) is 0 Å². The van der Waals surface area contributed by atoms with Crippen LogP contribution in [-0.4, -0.2) is 17.1 Å². The largest absolute Gasteiger partial charge is 0.326 e. The number of carbonyl (C=O) groups excluding carboxylic acids is 2.